The molecule has 0 aliphatic carbocycles. The van der Waals surface area contributed by atoms with Crippen LogP contribution in [0.1, 0.15) is 11.1 Å². The van der Waals surface area contributed by atoms with Crippen molar-refractivity contribution in [3.63, 3.8) is 0 Å². The molecule has 1 N–H and O–H groups in total. The van der Waals surface area contributed by atoms with E-state index in [2.05, 4.69) is 9.71 Å². The van der Waals surface area contributed by atoms with E-state index in [1.807, 2.05) is 61.5 Å². The molecule has 0 bridgehead atoms. The summed E-state index contributed by atoms with van der Waals surface area (Å²) in [6, 6.07) is 25.1. The van der Waals surface area contributed by atoms with Crippen molar-refractivity contribution in [3.8, 4) is 0 Å². The molecule has 0 amide bonds. The number of amidine groups is 1. The van der Waals surface area contributed by atoms with Gasteiger partial charge in [-0.25, -0.2) is 0 Å². The smallest absolute Gasteiger partial charge is 0.284 e. The molecule has 0 radical (unpaired) electrons. The van der Waals surface area contributed by atoms with Crippen molar-refractivity contribution in [2.45, 2.75) is 11.8 Å². The van der Waals surface area contributed by atoms with Crippen LogP contribution in [0.25, 0.3) is 0 Å². The Morgan fingerprint density at radius 2 is 1.36 bits per heavy atom. The summed E-state index contributed by atoms with van der Waals surface area (Å²) in [5.41, 5.74) is 2.56. The Balaban J connectivity index is 2.05. The lowest BCUT2D eigenvalue weighted by Gasteiger charge is -2.11. The first kappa shape index (κ1) is 16.9. The monoisotopic (exact) mass is 350 g/mol. The molecule has 5 heteroatoms. The van der Waals surface area contributed by atoms with Crippen LogP contribution >= 0.6 is 0 Å². The highest BCUT2D eigenvalue weighted by molar-refractivity contribution is 7.90. The van der Waals surface area contributed by atoms with Gasteiger partial charge in [0.25, 0.3) is 10.0 Å². The standard InChI is InChI=1S/C20H18N2O2S/c1-16-12-14-17(15-13-16)20(21-18-8-4-2-5-9-18)22-25(23,24)19-10-6-3-7-11-19/h2-15H,1H3,(H,21,22). The molecule has 0 saturated heterocycles. The summed E-state index contributed by atoms with van der Waals surface area (Å²) in [5, 5.41) is 3.11. The molecule has 4 nitrogen and oxygen atoms in total. The Bertz CT molecular complexity index is 965. The van der Waals surface area contributed by atoms with Crippen molar-refractivity contribution >= 4 is 21.5 Å². The normalized spacial score (nSPS) is 12.0. The first-order valence-electron chi connectivity index (χ1n) is 7.84. The molecule has 0 saturated carbocycles. The highest BCUT2D eigenvalue weighted by atomic mass is 32.2. The molecule has 0 heterocycles. The summed E-state index contributed by atoms with van der Waals surface area (Å²) >= 11 is 0. The average Bonchev–Trinajstić information content (AvgIpc) is 2.63. The van der Waals surface area contributed by atoms with E-state index < -0.39 is 10.0 Å². The van der Waals surface area contributed by atoms with E-state index in [9.17, 15) is 8.42 Å². The maximum atomic E-state index is 12.6. The molecule has 0 atom stereocenters. The zero-order chi connectivity index (χ0) is 17.7. The van der Waals surface area contributed by atoms with Gasteiger partial charge in [0.15, 0.2) is 5.84 Å². The summed E-state index contributed by atoms with van der Waals surface area (Å²) in [4.78, 5) is 0.162. The van der Waals surface area contributed by atoms with Crippen LogP contribution in [-0.2, 0) is 10.0 Å². The zero-order valence-electron chi connectivity index (χ0n) is 13.8. The molecule has 0 spiro atoms. The minimum Gasteiger partial charge on any atom is -0.339 e. The zero-order valence-corrected chi connectivity index (χ0v) is 14.6. The number of nitrogens with zero attached hydrogens (tertiary/aromatic N) is 1. The second-order valence-electron chi connectivity index (χ2n) is 5.59. The molecular formula is C20H18N2O2S. The topological polar surface area (TPSA) is 58.5 Å². The third-order valence-corrected chi connectivity index (χ3v) is 4.90. The fourth-order valence-electron chi connectivity index (χ4n) is 2.28. The first-order valence-corrected chi connectivity index (χ1v) is 9.28. The number of benzene rings is 3. The highest BCUT2D eigenvalue weighted by Crippen LogP contribution is 2.16. The van der Waals surface area contributed by atoms with E-state index in [1.165, 1.54) is 12.1 Å². The second kappa shape index (κ2) is 7.32. The molecule has 0 aliphatic rings. The Morgan fingerprint density at radius 1 is 0.800 bits per heavy atom. The van der Waals surface area contributed by atoms with E-state index in [0.717, 1.165) is 11.3 Å². The lowest BCUT2D eigenvalue weighted by Crippen LogP contribution is -2.16. The molecular weight excluding hydrogens is 332 g/mol. The lowest BCUT2D eigenvalue weighted by molar-refractivity contribution is 0.598. The predicted molar refractivity (Wildman–Crippen MR) is 101 cm³/mol. The van der Waals surface area contributed by atoms with Crippen LogP contribution in [0.2, 0.25) is 0 Å². The summed E-state index contributed by atoms with van der Waals surface area (Å²) in [7, 11) is -3.81. The van der Waals surface area contributed by atoms with Gasteiger partial charge in [-0.15, -0.1) is 4.40 Å². The lowest BCUT2D eigenvalue weighted by atomic mass is 10.1. The summed E-state index contributed by atoms with van der Waals surface area (Å²) in [5.74, 6) is 0.287. The van der Waals surface area contributed by atoms with Gasteiger partial charge >= 0.3 is 0 Å². The molecule has 3 aromatic carbocycles. The van der Waals surface area contributed by atoms with Gasteiger partial charge in [-0.2, -0.15) is 8.42 Å². The van der Waals surface area contributed by atoms with Gasteiger partial charge in [0.2, 0.25) is 0 Å². The van der Waals surface area contributed by atoms with Crippen molar-refractivity contribution in [2.24, 2.45) is 4.40 Å². The number of nitrogens with one attached hydrogen (secondary N) is 1. The number of aryl methyl sites for hydroxylation is 1. The van der Waals surface area contributed by atoms with Crippen molar-refractivity contribution in [3.05, 3.63) is 96.1 Å². The summed E-state index contributed by atoms with van der Waals surface area (Å²) < 4.78 is 29.3. The molecule has 0 aliphatic heterocycles. The highest BCUT2D eigenvalue weighted by Gasteiger charge is 2.15. The quantitative estimate of drug-likeness (QED) is 0.565. The number of para-hydroxylation sites is 1. The molecule has 3 aromatic rings. The number of anilines is 1. The van der Waals surface area contributed by atoms with Crippen LogP contribution in [0.15, 0.2) is 94.2 Å². The van der Waals surface area contributed by atoms with Crippen molar-refractivity contribution in [1.82, 2.24) is 0 Å². The van der Waals surface area contributed by atoms with Crippen LogP contribution < -0.4 is 5.32 Å². The fourth-order valence-corrected chi connectivity index (χ4v) is 3.28. The number of hydrogen-bond acceptors (Lipinski definition) is 2. The van der Waals surface area contributed by atoms with E-state index in [1.54, 1.807) is 18.2 Å². The molecule has 0 fully saturated rings. The van der Waals surface area contributed by atoms with Crippen molar-refractivity contribution < 1.29 is 8.42 Å². The van der Waals surface area contributed by atoms with Crippen LogP contribution in [-0.4, -0.2) is 14.3 Å². The van der Waals surface area contributed by atoms with E-state index >= 15 is 0 Å². The van der Waals surface area contributed by atoms with Crippen LogP contribution in [0.3, 0.4) is 0 Å². The number of sulfonamides is 1. The largest absolute Gasteiger partial charge is 0.339 e. The maximum absolute atomic E-state index is 12.6. The molecule has 0 unspecified atom stereocenters. The Kier molecular flexibility index (Phi) is 4.95. The maximum Gasteiger partial charge on any atom is 0.284 e. The van der Waals surface area contributed by atoms with Gasteiger partial charge in [0.05, 0.1) is 4.90 Å². The Morgan fingerprint density at radius 3 is 1.96 bits per heavy atom. The van der Waals surface area contributed by atoms with Crippen LogP contribution in [0, 0.1) is 6.92 Å². The third kappa shape index (κ3) is 4.33. The summed E-state index contributed by atoms with van der Waals surface area (Å²) in [6.07, 6.45) is 0. The Labute approximate surface area is 147 Å². The van der Waals surface area contributed by atoms with Crippen LogP contribution in [0.5, 0.6) is 0 Å². The summed E-state index contributed by atoms with van der Waals surface area (Å²) in [6.45, 7) is 1.98. The minimum absolute atomic E-state index is 0.162. The van der Waals surface area contributed by atoms with Gasteiger partial charge in [-0.3, -0.25) is 0 Å². The second-order valence-corrected chi connectivity index (χ2v) is 7.19. The van der Waals surface area contributed by atoms with E-state index in [0.29, 0.717) is 5.56 Å². The molecule has 0 aromatic heterocycles. The number of rotatable bonds is 4. The average molecular weight is 350 g/mol. The molecule has 25 heavy (non-hydrogen) atoms. The first-order chi connectivity index (χ1) is 12.0. The SMILES string of the molecule is Cc1ccc(/C(=N/S(=O)(=O)c2ccccc2)Nc2ccccc2)cc1. The van der Waals surface area contributed by atoms with Gasteiger partial charge in [0.1, 0.15) is 0 Å². The van der Waals surface area contributed by atoms with Gasteiger partial charge in [-0.05, 0) is 31.2 Å². The number of hydrogen-bond donors (Lipinski definition) is 1. The van der Waals surface area contributed by atoms with E-state index in [4.69, 9.17) is 0 Å². The predicted octanol–water partition coefficient (Wildman–Crippen LogP) is 4.24. The van der Waals surface area contributed by atoms with Gasteiger partial charge in [0, 0.05) is 11.3 Å². The molecule has 3 rings (SSSR count). The fraction of sp³-hybridized carbons (Fsp3) is 0.0500. The van der Waals surface area contributed by atoms with Gasteiger partial charge in [-0.1, -0.05) is 66.2 Å². The van der Waals surface area contributed by atoms with E-state index in [-0.39, 0.29) is 10.7 Å². The van der Waals surface area contributed by atoms with Crippen molar-refractivity contribution in [2.75, 3.05) is 5.32 Å². The molecule has 126 valence electrons. The minimum atomic E-state index is -3.81. The van der Waals surface area contributed by atoms with Gasteiger partial charge < -0.3 is 5.32 Å². The Hall–Kier alpha value is -2.92. The van der Waals surface area contributed by atoms with Crippen molar-refractivity contribution in [1.29, 1.82) is 0 Å². The third-order valence-electron chi connectivity index (χ3n) is 3.61. The van der Waals surface area contributed by atoms with Crippen LogP contribution in [0.4, 0.5) is 5.69 Å².